The lowest BCUT2D eigenvalue weighted by Crippen LogP contribution is -2.22. The van der Waals surface area contributed by atoms with Gasteiger partial charge >= 0.3 is 0 Å². The van der Waals surface area contributed by atoms with Gasteiger partial charge in [-0.1, -0.05) is 35.9 Å². The van der Waals surface area contributed by atoms with Gasteiger partial charge in [-0.15, -0.1) is 0 Å². The van der Waals surface area contributed by atoms with E-state index in [4.69, 9.17) is 0 Å². The molecule has 104 valence electrons. The summed E-state index contributed by atoms with van der Waals surface area (Å²) in [6.07, 6.45) is 0.728. The van der Waals surface area contributed by atoms with Crippen molar-refractivity contribution in [1.29, 1.82) is 0 Å². The summed E-state index contributed by atoms with van der Waals surface area (Å²) in [5, 5.41) is 2.79. The highest BCUT2D eigenvalue weighted by atomic mass is 19.1. The van der Waals surface area contributed by atoms with Crippen LogP contribution in [-0.4, -0.2) is 12.5 Å². The highest BCUT2D eigenvalue weighted by Gasteiger charge is 2.07. The largest absolute Gasteiger partial charge is 0.356 e. The van der Waals surface area contributed by atoms with Crippen LogP contribution in [0.5, 0.6) is 0 Å². The van der Waals surface area contributed by atoms with Crippen molar-refractivity contribution >= 4 is 5.91 Å². The molecule has 3 heteroatoms. The minimum absolute atomic E-state index is 0.0376. The standard InChI is InChI=1S/C17H18FNO/c1-12-6-7-14(8-9-19-13(2)20)17(10-12)15-4-3-5-16(18)11-15/h3-7,10-11H,8-9H2,1-2H3,(H,19,20). The zero-order valence-electron chi connectivity index (χ0n) is 11.7. The molecule has 0 aliphatic heterocycles. The molecule has 0 atom stereocenters. The van der Waals surface area contributed by atoms with Gasteiger partial charge in [0.1, 0.15) is 5.82 Å². The molecule has 0 spiro atoms. The summed E-state index contributed by atoms with van der Waals surface area (Å²) in [6.45, 7) is 4.10. The van der Waals surface area contributed by atoms with E-state index >= 15 is 0 Å². The van der Waals surface area contributed by atoms with Gasteiger partial charge in [-0.05, 0) is 42.2 Å². The van der Waals surface area contributed by atoms with Crippen molar-refractivity contribution in [3.63, 3.8) is 0 Å². The Kier molecular flexibility index (Phi) is 4.51. The highest BCUT2D eigenvalue weighted by Crippen LogP contribution is 2.26. The normalized spacial score (nSPS) is 10.3. The van der Waals surface area contributed by atoms with Crippen LogP contribution in [0.25, 0.3) is 11.1 Å². The maximum absolute atomic E-state index is 13.4. The quantitative estimate of drug-likeness (QED) is 0.906. The SMILES string of the molecule is CC(=O)NCCc1ccc(C)cc1-c1cccc(F)c1. The molecule has 0 unspecified atom stereocenters. The maximum atomic E-state index is 13.4. The van der Waals surface area contributed by atoms with Crippen molar-refractivity contribution in [1.82, 2.24) is 5.32 Å². The summed E-state index contributed by atoms with van der Waals surface area (Å²) >= 11 is 0. The Morgan fingerprint density at radius 3 is 2.70 bits per heavy atom. The third kappa shape index (κ3) is 3.67. The highest BCUT2D eigenvalue weighted by molar-refractivity contribution is 5.73. The lowest BCUT2D eigenvalue weighted by molar-refractivity contribution is -0.118. The summed E-state index contributed by atoms with van der Waals surface area (Å²) in [4.78, 5) is 10.9. The number of carbonyl (C=O) groups excluding carboxylic acids is 1. The Hall–Kier alpha value is -2.16. The smallest absolute Gasteiger partial charge is 0.216 e. The van der Waals surface area contributed by atoms with E-state index in [1.807, 2.05) is 25.1 Å². The van der Waals surface area contributed by atoms with Crippen LogP contribution < -0.4 is 5.32 Å². The molecular weight excluding hydrogens is 253 g/mol. The Morgan fingerprint density at radius 2 is 2.00 bits per heavy atom. The molecule has 2 aromatic carbocycles. The molecule has 0 aliphatic rings. The van der Waals surface area contributed by atoms with E-state index < -0.39 is 0 Å². The molecule has 0 aliphatic carbocycles. The molecule has 0 fully saturated rings. The van der Waals surface area contributed by atoms with Crippen LogP contribution in [0.15, 0.2) is 42.5 Å². The molecule has 0 saturated heterocycles. The third-order valence-electron chi connectivity index (χ3n) is 3.17. The van der Waals surface area contributed by atoms with Crippen LogP contribution in [0.2, 0.25) is 0 Å². The lowest BCUT2D eigenvalue weighted by atomic mass is 9.95. The van der Waals surface area contributed by atoms with Crippen LogP contribution in [0, 0.1) is 12.7 Å². The Balaban J connectivity index is 2.30. The van der Waals surface area contributed by atoms with Crippen molar-refractivity contribution in [2.24, 2.45) is 0 Å². The van der Waals surface area contributed by atoms with Gasteiger partial charge in [-0.25, -0.2) is 4.39 Å². The van der Waals surface area contributed by atoms with E-state index in [1.54, 1.807) is 6.07 Å². The second kappa shape index (κ2) is 6.33. The summed E-state index contributed by atoms with van der Waals surface area (Å²) < 4.78 is 13.4. The first kappa shape index (κ1) is 14.3. The van der Waals surface area contributed by atoms with Crippen molar-refractivity contribution in [2.45, 2.75) is 20.3 Å². The molecular formula is C17H18FNO. The van der Waals surface area contributed by atoms with E-state index in [0.717, 1.165) is 28.7 Å². The molecule has 1 N–H and O–H groups in total. The Morgan fingerprint density at radius 1 is 1.20 bits per heavy atom. The van der Waals surface area contributed by atoms with Gasteiger partial charge in [0, 0.05) is 13.5 Å². The molecule has 1 amide bonds. The minimum atomic E-state index is -0.239. The number of nitrogens with one attached hydrogen (secondary N) is 1. The van der Waals surface area contributed by atoms with Crippen LogP contribution >= 0.6 is 0 Å². The number of hydrogen-bond acceptors (Lipinski definition) is 1. The number of amides is 1. The first-order chi connectivity index (χ1) is 9.56. The maximum Gasteiger partial charge on any atom is 0.216 e. The van der Waals surface area contributed by atoms with Crippen LogP contribution in [0.4, 0.5) is 4.39 Å². The fourth-order valence-electron chi connectivity index (χ4n) is 2.21. The fraction of sp³-hybridized carbons (Fsp3) is 0.235. The monoisotopic (exact) mass is 271 g/mol. The number of aryl methyl sites for hydroxylation is 1. The van der Waals surface area contributed by atoms with Crippen molar-refractivity contribution in [2.75, 3.05) is 6.54 Å². The fourth-order valence-corrected chi connectivity index (χ4v) is 2.21. The predicted molar refractivity (Wildman–Crippen MR) is 79.0 cm³/mol. The van der Waals surface area contributed by atoms with E-state index in [9.17, 15) is 9.18 Å². The van der Waals surface area contributed by atoms with Gasteiger partial charge in [-0.3, -0.25) is 4.79 Å². The third-order valence-corrected chi connectivity index (χ3v) is 3.17. The van der Waals surface area contributed by atoms with Crippen molar-refractivity contribution in [3.8, 4) is 11.1 Å². The average Bonchev–Trinajstić information content (AvgIpc) is 2.40. The number of benzene rings is 2. The molecule has 2 aromatic rings. The van der Waals surface area contributed by atoms with Crippen LogP contribution in [0.3, 0.4) is 0 Å². The van der Waals surface area contributed by atoms with Crippen LogP contribution in [-0.2, 0) is 11.2 Å². The van der Waals surface area contributed by atoms with E-state index in [-0.39, 0.29) is 11.7 Å². The average molecular weight is 271 g/mol. The molecule has 0 radical (unpaired) electrons. The Labute approximate surface area is 118 Å². The van der Waals surface area contributed by atoms with Gasteiger partial charge in [0.15, 0.2) is 0 Å². The topological polar surface area (TPSA) is 29.1 Å². The second-order valence-corrected chi connectivity index (χ2v) is 4.90. The van der Waals surface area contributed by atoms with E-state index in [1.165, 1.54) is 19.1 Å². The first-order valence-corrected chi connectivity index (χ1v) is 6.66. The van der Waals surface area contributed by atoms with Gasteiger partial charge in [0.2, 0.25) is 5.91 Å². The predicted octanol–water partition coefficient (Wildman–Crippen LogP) is 3.48. The van der Waals surface area contributed by atoms with Crippen LogP contribution in [0.1, 0.15) is 18.1 Å². The van der Waals surface area contributed by atoms with Gasteiger partial charge in [0.25, 0.3) is 0 Å². The summed E-state index contributed by atoms with van der Waals surface area (Å²) in [5.74, 6) is -0.277. The summed E-state index contributed by atoms with van der Waals surface area (Å²) in [7, 11) is 0. The number of halogens is 1. The van der Waals surface area contributed by atoms with Crippen molar-refractivity contribution < 1.29 is 9.18 Å². The molecule has 0 heterocycles. The molecule has 0 aromatic heterocycles. The molecule has 0 saturated carbocycles. The van der Waals surface area contributed by atoms with Gasteiger partial charge in [-0.2, -0.15) is 0 Å². The molecule has 20 heavy (non-hydrogen) atoms. The second-order valence-electron chi connectivity index (χ2n) is 4.90. The van der Waals surface area contributed by atoms with Crippen molar-refractivity contribution in [3.05, 3.63) is 59.4 Å². The van der Waals surface area contributed by atoms with Gasteiger partial charge < -0.3 is 5.32 Å². The minimum Gasteiger partial charge on any atom is -0.356 e. The molecule has 2 nitrogen and oxygen atoms in total. The zero-order valence-corrected chi connectivity index (χ0v) is 11.7. The zero-order chi connectivity index (χ0) is 14.5. The molecule has 0 bridgehead atoms. The lowest BCUT2D eigenvalue weighted by Gasteiger charge is -2.11. The number of hydrogen-bond donors (Lipinski definition) is 1. The van der Waals surface area contributed by atoms with E-state index in [2.05, 4.69) is 11.4 Å². The summed E-state index contributed by atoms with van der Waals surface area (Å²) in [5.41, 5.74) is 4.13. The number of rotatable bonds is 4. The van der Waals surface area contributed by atoms with Gasteiger partial charge in [0.05, 0.1) is 0 Å². The molecule has 2 rings (SSSR count). The van der Waals surface area contributed by atoms with E-state index in [0.29, 0.717) is 6.54 Å². The first-order valence-electron chi connectivity index (χ1n) is 6.66. The number of carbonyl (C=O) groups is 1. The Bertz CT molecular complexity index is 622. The summed E-state index contributed by atoms with van der Waals surface area (Å²) in [6, 6.07) is 12.7.